The fourth-order valence-electron chi connectivity index (χ4n) is 2.20. The maximum atomic E-state index is 12.8. The molecule has 2 rings (SSSR count). The minimum atomic E-state index is -0.336. The van der Waals surface area contributed by atoms with Crippen molar-refractivity contribution in [3.05, 3.63) is 58.7 Å². The van der Waals surface area contributed by atoms with Gasteiger partial charge >= 0.3 is 0 Å². The van der Waals surface area contributed by atoms with Crippen molar-refractivity contribution in [3.63, 3.8) is 0 Å². The lowest BCUT2D eigenvalue weighted by atomic mass is 10.1. The van der Waals surface area contributed by atoms with Gasteiger partial charge in [-0.1, -0.05) is 0 Å². The molecule has 1 amide bonds. The van der Waals surface area contributed by atoms with Gasteiger partial charge in [-0.05, 0) is 56.2 Å². The molecule has 0 atom stereocenters. The molecule has 0 radical (unpaired) electrons. The van der Waals surface area contributed by atoms with Crippen LogP contribution < -0.4 is 5.32 Å². The summed E-state index contributed by atoms with van der Waals surface area (Å²) in [6.45, 7) is 4.71. The van der Waals surface area contributed by atoms with Gasteiger partial charge < -0.3 is 9.88 Å². The van der Waals surface area contributed by atoms with Gasteiger partial charge in [-0.2, -0.15) is 0 Å². The number of benzene rings is 1. The molecule has 0 saturated heterocycles. The van der Waals surface area contributed by atoms with E-state index >= 15 is 0 Å². The number of rotatable bonds is 4. The summed E-state index contributed by atoms with van der Waals surface area (Å²) < 4.78 is 14.9. The number of nitrogens with one attached hydrogen (secondary N) is 1. The van der Waals surface area contributed by atoms with Crippen LogP contribution in [0.25, 0.3) is 0 Å². The summed E-state index contributed by atoms with van der Waals surface area (Å²) in [4.78, 5) is 11.9. The van der Waals surface area contributed by atoms with Gasteiger partial charge in [0.15, 0.2) is 0 Å². The summed E-state index contributed by atoms with van der Waals surface area (Å²) in [6, 6.07) is 7.70. The molecule has 1 N–H and O–H groups in total. The highest BCUT2D eigenvalue weighted by Gasteiger charge is 2.08. The lowest BCUT2D eigenvalue weighted by Gasteiger charge is -2.06. The Balaban J connectivity index is 1.91. The molecule has 0 aliphatic rings. The fourth-order valence-corrected chi connectivity index (χ4v) is 2.20. The Hall–Kier alpha value is -2.10. The maximum Gasteiger partial charge on any atom is 0.251 e. The van der Waals surface area contributed by atoms with Gasteiger partial charge in [0.2, 0.25) is 0 Å². The van der Waals surface area contributed by atoms with Crippen molar-refractivity contribution in [2.24, 2.45) is 7.05 Å². The van der Waals surface area contributed by atoms with Crippen LogP contribution in [0.3, 0.4) is 0 Å². The Bertz CT molecular complexity index is 614. The molecule has 0 bridgehead atoms. The van der Waals surface area contributed by atoms with Crippen LogP contribution in [0.2, 0.25) is 0 Å². The normalized spacial score (nSPS) is 10.6. The Morgan fingerprint density at radius 3 is 2.45 bits per heavy atom. The predicted molar refractivity (Wildman–Crippen MR) is 77.3 cm³/mol. The van der Waals surface area contributed by atoms with E-state index in [2.05, 4.69) is 29.8 Å². The highest BCUT2D eigenvalue weighted by atomic mass is 19.1. The molecule has 0 spiro atoms. The zero-order chi connectivity index (χ0) is 14.7. The van der Waals surface area contributed by atoms with E-state index in [9.17, 15) is 9.18 Å². The summed E-state index contributed by atoms with van der Waals surface area (Å²) in [7, 11) is 2.03. The van der Waals surface area contributed by atoms with Gasteiger partial charge in [-0.3, -0.25) is 4.79 Å². The summed E-state index contributed by atoms with van der Waals surface area (Å²) in [5, 5.41) is 2.85. The van der Waals surface area contributed by atoms with Crippen LogP contribution in [0, 0.1) is 19.7 Å². The van der Waals surface area contributed by atoms with E-state index in [0.717, 1.165) is 6.42 Å². The summed E-state index contributed by atoms with van der Waals surface area (Å²) in [5.74, 6) is -0.507. The minimum absolute atomic E-state index is 0.171. The van der Waals surface area contributed by atoms with Gasteiger partial charge in [0.1, 0.15) is 5.82 Å². The molecule has 0 unspecified atom stereocenters. The molecule has 20 heavy (non-hydrogen) atoms. The highest BCUT2D eigenvalue weighted by Crippen LogP contribution is 2.13. The van der Waals surface area contributed by atoms with Gasteiger partial charge in [-0.15, -0.1) is 0 Å². The lowest BCUT2D eigenvalue weighted by molar-refractivity contribution is 0.0954. The number of halogens is 1. The molecule has 2 aromatic rings. The number of aryl methyl sites for hydroxylation is 1. The van der Waals surface area contributed by atoms with E-state index in [1.807, 2.05) is 7.05 Å². The van der Waals surface area contributed by atoms with Crippen molar-refractivity contribution in [1.29, 1.82) is 0 Å². The van der Waals surface area contributed by atoms with E-state index in [0.29, 0.717) is 12.1 Å². The van der Waals surface area contributed by atoms with Gasteiger partial charge in [0.05, 0.1) is 0 Å². The molecule has 1 aromatic heterocycles. The van der Waals surface area contributed by atoms with Crippen LogP contribution in [0.4, 0.5) is 4.39 Å². The van der Waals surface area contributed by atoms with Crippen molar-refractivity contribution in [2.45, 2.75) is 20.3 Å². The third-order valence-corrected chi connectivity index (χ3v) is 3.67. The third-order valence-electron chi connectivity index (χ3n) is 3.67. The number of nitrogens with zero attached hydrogens (tertiary/aromatic N) is 1. The monoisotopic (exact) mass is 274 g/mol. The molecular weight excluding hydrogens is 255 g/mol. The average molecular weight is 274 g/mol. The first-order valence-corrected chi connectivity index (χ1v) is 6.64. The van der Waals surface area contributed by atoms with Gasteiger partial charge in [0.25, 0.3) is 5.91 Å². The number of carbonyl (C=O) groups excluding carboxylic acids is 1. The Morgan fingerprint density at radius 2 is 1.90 bits per heavy atom. The standard InChI is InChI=1S/C16H19FN2O/c1-11-10-14(12(2)19(11)3)8-9-18-16(20)13-4-6-15(17)7-5-13/h4-7,10H,8-9H2,1-3H3,(H,18,20). The maximum absolute atomic E-state index is 12.8. The van der Waals surface area contributed by atoms with Crippen molar-refractivity contribution in [1.82, 2.24) is 9.88 Å². The van der Waals surface area contributed by atoms with Crippen LogP contribution in [-0.2, 0) is 13.5 Å². The van der Waals surface area contributed by atoms with E-state index < -0.39 is 0 Å². The average Bonchev–Trinajstić information content (AvgIpc) is 2.67. The van der Waals surface area contributed by atoms with Crippen molar-refractivity contribution >= 4 is 5.91 Å². The number of hydrogen-bond donors (Lipinski definition) is 1. The lowest BCUT2D eigenvalue weighted by Crippen LogP contribution is -2.25. The number of carbonyl (C=O) groups is 1. The summed E-state index contributed by atoms with van der Waals surface area (Å²) >= 11 is 0. The Labute approximate surface area is 118 Å². The molecule has 4 heteroatoms. The molecule has 0 aliphatic heterocycles. The SMILES string of the molecule is Cc1cc(CCNC(=O)c2ccc(F)cc2)c(C)n1C. The molecular formula is C16H19FN2O. The topological polar surface area (TPSA) is 34.0 Å². The van der Waals surface area contributed by atoms with Crippen LogP contribution in [0.1, 0.15) is 27.3 Å². The highest BCUT2D eigenvalue weighted by molar-refractivity contribution is 5.94. The third kappa shape index (κ3) is 3.07. The van der Waals surface area contributed by atoms with Crippen LogP contribution in [0.15, 0.2) is 30.3 Å². The second kappa shape index (κ2) is 5.90. The smallest absolute Gasteiger partial charge is 0.251 e. The quantitative estimate of drug-likeness (QED) is 0.914. The zero-order valence-corrected chi connectivity index (χ0v) is 12.0. The predicted octanol–water partition coefficient (Wildman–Crippen LogP) is 2.75. The van der Waals surface area contributed by atoms with Crippen LogP contribution in [0.5, 0.6) is 0 Å². The number of amides is 1. The summed E-state index contributed by atoms with van der Waals surface area (Å²) in [5.41, 5.74) is 4.15. The van der Waals surface area contributed by atoms with Crippen LogP contribution in [-0.4, -0.2) is 17.0 Å². The first kappa shape index (κ1) is 14.3. The zero-order valence-electron chi connectivity index (χ0n) is 12.0. The molecule has 1 heterocycles. The molecule has 0 aliphatic carbocycles. The Kier molecular flexibility index (Phi) is 4.23. The molecule has 0 fully saturated rings. The molecule has 1 aromatic carbocycles. The van der Waals surface area contributed by atoms with Crippen LogP contribution >= 0.6 is 0 Å². The summed E-state index contributed by atoms with van der Waals surface area (Å²) in [6.07, 6.45) is 0.792. The Morgan fingerprint density at radius 1 is 1.25 bits per heavy atom. The van der Waals surface area contributed by atoms with Crippen molar-refractivity contribution in [3.8, 4) is 0 Å². The van der Waals surface area contributed by atoms with E-state index in [4.69, 9.17) is 0 Å². The number of hydrogen-bond acceptors (Lipinski definition) is 1. The van der Waals surface area contributed by atoms with E-state index in [1.165, 1.54) is 41.2 Å². The fraction of sp³-hybridized carbons (Fsp3) is 0.312. The van der Waals surface area contributed by atoms with E-state index in [1.54, 1.807) is 0 Å². The van der Waals surface area contributed by atoms with Crippen molar-refractivity contribution in [2.75, 3.05) is 6.54 Å². The molecule has 3 nitrogen and oxygen atoms in total. The van der Waals surface area contributed by atoms with E-state index in [-0.39, 0.29) is 11.7 Å². The second-order valence-electron chi connectivity index (χ2n) is 4.97. The largest absolute Gasteiger partial charge is 0.352 e. The minimum Gasteiger partial charge on any atom is -0.352 e. The molecule has 106 valence electrons. The first-order chi connectivity index (χ1) is 9.49. The van der Waals surface area contributed by atoms with Gasteiger partial charge in [-0.25, -0.2) is 4.39 Å². The first-order valence-electron chi connectivity index (χ1n) is 6.64. The van der Waals surface area contributed by atoms with Gasteiger partial charge in [0, 0.05) is 30.5 Å². The van der Waals surface area contributed by atoms with Crippen molar-refractivity contribution < 1.29 is 9.18 Å². The second-order valence-corrected chi connectivity index (χ2v) is 4.97. The number of aromatic nitrogens is 1. The molecule has 0 saturated carbocycles.